The Morgan fingerprint density at radius 2 is 1.71 bits per heavy atom. The maximum Gasteiger partial charge on any atom is 0.459 e. The average molecular weight is 391 g/mol. The van der Waals surface area contributed by atoms with Crippen molar-refractivity contribution in [2.45, 2.75) is 43.5 Å². The van der Waals surface area contributed by atoms with Crippen molar-refractivity contribution in [2.75, 3.05) is 0 Å². The maximum absolute atomic E-state index is 14.0. The SMILES string of the molecule is CCC[n+]1ccn(C(F)(F)C(F)F)c1C(F)(F)C(F)(F)S(=O)(=O)O. The third-order valence-electron chi connectivity index (χ3n) is 2.91. The third-order valence-corrected chi connectivity index (χ3v) is 3.82. The van der Waals surface area contributed by atoms with Crippen LogP contribution in [0, 0.1) is 0 Å². The van der Waals surface area contributed by atoms with Gasteiger partial charge in [0.15, 0.2) is 0 Å². The largest absolute Gasteiger partial charge is 0.459 e. The average Bonchev–Trinajstić information content (AvgIpc) is 2.82. The molecular weight excluding hydrogens is 380 g/mol. The maximum atomic E-state index is 14.0. The van der Waals surface area contributed by atoms with Gasteiger partial charge in [0.2, 0.25) is 0 Å². The fourth-order valence-electron chi connectivity index (χ4n) is 1.82. The van der Waals surface area contributed by atoms with Gasteiger partial charge in [-0.3, -0.25) is 4.55 Å². The Morgan fingerprint density at radius 1 is 1.21 bits per heavy atom. The highest BCUT2D eigenvalue weighted by Gasteiger charge is 2.73. The smallest absolute Gasteiger partial charge is 0.281 e. The summed E-state index contributed by atoms with van der Waals surface area (Å²) in [5.41, 5.74) is 0. The number of hydrogen-bond donors (Lipinski definition) is 1. The second-order valence-electron chi connectivity index (χ2n) is 4.64. The first-order valence-corrected chi connectivity index (χ1v) is 7.56. The van der Waals surface area contributed by atoms with E-state index in [-0.39, 0.29) is 17.2 Å². The standard InChI is InChI=1S/C10H10F8N2O3S/c1-2-3-19-4-5-20(9(15,16)6(11)12)7(19)8(13,14)10(17,18)24(21,22)23/h4-6H,2-3H2,1H3/p+1. The van der Waals surface area contributed by atoms with E-state index >= 15 is 0 Å². The molecule has 0 aliphatic carbocycles. The molecule has 0 saturated carbocycles. The van der Waals surface area contributed by atoms with Gasteiger partial charge >= 0.3 is 39.6 Å². The first kappa shape index (κ1) is 20.6. The van der Waals surface area contributed by atoms with Gasteiger partial charge in [-0.15, -0.1) is 0 Å². The molecule has 0 unspecified atom stereocenters. The summed E-state index contributed by atoms with van der Waals surface area (Å²) < 4.78 is 135. The molecule has 0 aromatic carbocycles. The van der Waals surface area contributed by atoms with Crippen LogP contribution in [0.25, 0.3) is 0 Å². The molecular formula is C10H11F8N2O3S+. The second kappa shape index (κ2) is 6.13. The second-order valence-corrected chi connectivity index (χ2v) is 6.10. The van der Waals surface area contributed by atoms with Gasteiger partial charge in [0, 0.05) is 0 Å². The number of imidazole rings is 1. The molecule has 0 fully saturated rings. The van der Waals surface area contributed by atoms with Crippen LogP contribution in [-0.4, -0.2) is 29.2 Å². The van der Waals surface area contributed by atoms with E-state index in [1.165, 1.54) is 6.92 Å². The van der Waals surface area contributed by atoms with E-state index < -0.39 is 50.7 Å². The number of aryl methyl sites for hydroxylation is 1. The highest BCUT2D eigenvalue weighted by atomic mass is 32.2. The van der Waals surface area contributed by atoms with E-state index in [4.69, 9.17) is 4.55 Å². The number of alkyl halides is 8. The molecule has 24 heavy (non-hydrogen) atoms. The van der Waals surface area contributed by atoms with Crippen LogP contribution in [0.15, 0.2) is 12.4 Å². The number of rotatable bonds is 7. The normalized spacial score (nSPS) is 14.5. The Morgan fingerprint density at radius 3 is 2.08 bits per heavy atom. The molecule has 0 spiro atoms. The molecule has 0 radical (unpaired) electrons. The zero-order valence-corrected chi connectivity index (χ0v) is 12.6. The van der Waals surface area contributed by atoms with E-state index in [9.17, 15) is 43.5 Å². The van der Waals surface area contributed by atoms with Gasteiger partial charge in [0.1, 0.15) is 12.4 Å². The third kappa shape index (κ3) is 3.08. The zero-order valence-electron chi connectivity index (χ0n) is 11.7. The van der Waals surface area contributed by atoms with Crippen LogP contribution in [-0.2, 0) is 28.6 Å². The van der Waals surface area contributed by atoms with Crippen LogP contribution in [0.1, 0.15) is 19.2 Å². The van der Waals surface area contributed by atoms with E-state index in [1.54, 1.807) is 0 Å². The Kier molecular flexibility index (Phi) is 5.26. The van der Waals surface area contributed by atoms with Crippen molar-refractivity contribution >= 4 is 10.1 Å². The predicted octanol–water partition coefficient (Wildman–Crippen LogP) is 2.57. The topological polar surface area (TPSA) is 63.2 Å². The minimum Gasteiger partial charge on any atom is -0.281 e. The zero-order chi connectivity index (χ0) is 19.1. The summed E-state index contributed by atoms with van der Waals surface area (Å²) in [6.07, 6.45) is -4.22. The van der Waals surface area contributed by atoms with Gasteiger partial charge in [0.25, 0.3) is 0 Å². The molecule has 1 aromatic rings. The van der Waals surface area contributed by atoms with Crippen LogP contribution in [0.5, 0.6) is 0 Å². The fourth-order valence-corrected chi connectivity index (χ4v) is 2.23. The Bertz CT molecular complexity index is 701. The molecule has 0 bridgehead atoms. The van der Waals surface area contributed by atoms with Gasteiger partial charge in [0.05, 0.1) is 6.54 Å². The van der Waals surface area contributed by atoms with Crippen molar-refractivity contribution < 1.29 is 52.7 Å². The Labute approximate surface area is 130 Å². The van der Waals surface area contributed by atoms with Gasteiger partial charge in [-0.2, -0.15) is 48.1 Å². The van der Waals surface area contributed by atoms with Crippen molar-refractivity contribution in [1.29, 1.82) is 0 Å². The molecule has 5 nitrogen and oxygen atoms in total. The lowest BCUT2D eigenvalue weighted by Crippen LogP contribution is -2.54. The van der Waals surface area contributed by atoms with E-state index in [1.807, 2.05) is 0 Å². The lowest BCUT2D eigenvalue weighted by Gasteiger charge is -2.23. The summed E-state index contributed by atoms with van der Waals surface area (Å²) in [4.78, 5) is 0. The van der Waals surface area contributed by atoms with Crippen molar-refractivity contribution in [1.82, 2.24) is 4.57 Å². The number of nitrogens with zero attached hydrogens (tertiary/aromatic N) is 2. The van der Waals surface area contributed by atoms with Crippen LogP contribution in [0.2, 0.25) is 0 Å². The van der Waals surface area contributed by atoms with Crippen LogP contribution in [0.3, 0.4) is 0 Å². The molecule has 0 amide bonds. The summed E-state index contributed by atoms with van der Waals surface area (Å²) in [6, 6.07) is -5.33. The quantitative estimate of drug-likeness (QED) is 0.442. The lowest BCUT2D eigenvalue weighted by molar-refractivity contribution is -0.714. The number of aromatic nitrogens is 2. The summed E-state index contributed by atoms with van der Waals surface area (Å²) in [6.45, 7) is 0.747. The fraction of sp³-hybridized carbons (Fsp3) is 0.700. The minimum atomic E-state index is -6.74. The minimum absolute atomic E-state index is 0.00879. The summed E-state index contributed by atoms with van der Waals surface area (Å²) >= 11 is 0. The monoisotopic (exact) mass is 391 g/mol. The van der Waals surface area contributed by atoms with E-state index in [0.717, 1.165) is 0 Å². The molecule has 1 aromatic heterocycles. The highest BCUT2D eigenvalue weighted by molar-refractivity contribution is 7.86. The molecule has 0 saturated heterocycles. The molecule has 14 heteroatoms. The number of halogens is 8. The molecule has 0 atom stereocenters. The molecule has 140 valence electrons. The van der Waals surface area contributed by atoms with Crippen molar-refractivity contribution in [2.24, 2.45) is 0 Å². The van der Waals surface area contributed by atoms with E-state index in [0.29, 0.717) is 6.20 Å². The summed E-state index contributed by atoms with van der Waals surface area (Å²) in [5, 5.41) is -6.23. The molecule has 1 heterocycles. The summed E-state index contributed by atoms with van der Waals surface area (Å²) in [7, 11) is -6.74. The van der Waals surface area contributed by atoms with Gasteiger partial charge in [-0.25, -0.2) is 4.57 Å². The predicted molar refractivity (Wildman–Crippen MR) is 61.5 cm³/mol. The van der Waals surface area contributed by atoms with Crippen LogP contribution in [0.4, 0.5) is 35.1 Å². The first-order valence-electron chi connectivity index (χ1n) is 6.12. The lowest BCUT2D eigenvalue weighted by atomic mass is 10.3. The summed E-state index contributed by atoms with van der Waals surface area (Å²) in [5.74, 6) is -8.32. The van der Waals surface area contributed by atoms with Crippen molar-refractivity contribution in [3.8, 4) is 0 Å². The van der Waals surface area contributed by atoms with Crippen molar-refractivity contribution in [3.05, 3.63) is 18.2 Å². The molecule has 0 aliphatic heterocycles. The van der Waals surface area contributed by atoms with Crippen molar-refractivity contribution in [3.63, 3.8) is 0 Å². The van der Waals surface area contributed by atoms with Gasteiger partial charge in [-0.1, -0.05) is 6.92 Å². The van der Waals surface area contributed by atoms with Crippen LogP contribution < -0.4 is 4.57 Å². The van der Waals surface area contributed by atoms with Gasteiger partial charge in [-0.05, 0) is 6.42 Å². The molecule has 0 aliphatic rings. The van der Waals surface area contributed by atoms with E-state index in [2.05, 4.69) is 0 Å². The molecule has 1 rings (SSSR count). The molecule has 1 N–H and O–H groups in total. The Balaban J connectivity index is 3.76. The number of hydrogen-bond acceptors (Lipinski definition) is 2. The Hall–Kier alpha value is -1.44. The highest BCUT2D eigenvalue weighted by Crippen LogP contribution is 2.46. The van der Waals surface area contributed by atoms with Gasteiger partial charge < -0.3 is 0 Å². The van der Waals surface area contributed by atoms with Crippen LogP contribution >= 0.6 is 0 Å². The first-order chi connectivity index (χ1) is 10.6.